The Morgan fingerprint density at radius 2 is 2.42 bits per heavy atom. The number of esters is 1. The van der Waals surface area contributed by atoms with Crippen LogP contribution >= 0.6 is 11.6 Å². The van der Waals surface area contributed by atoms with Crippen molar-refractivity contribution in [1.29, 1.82) is 0 Å². The Hall–Kier alpha value is -0.960. The maximum atomic E-state index is 11.1. The molecule has 2 N–H and O–H groups in total. The SMILES string of the molecule is COC(=O)C1=C(Cl)C(N)=CCC1. The first-order valence-corrected chi connectivity index (χ1v) is 3.97. The molecule has 0 saturated carbocycles. The van der Waals surface area contributed by atoms with E-state index in [0.717, 1.165) is 6.42 Å². The van der Waals surface area contributed by atoms with Gasteiger partial charge in [-0.1, -0.05) is 17.7 Å². The molecular weight excluding hydrogens is 178 g/mol. The molecule has 0 bridgehead atoms. The first kappa shape index (κ1) is 9.13. The largest absolute Gasteiger partial charge is 0.466 e. The van der Waals surface area contributed by atoms with Gasteiger partial charge in [0.2, 0.25) is 0 Å². The number of halogens is 1. The van der Waals surface area contributed by atoms with Crippen LogP contribution in [0.3, 0.4) is 0 Å². The first-order chi connectivity index (χ1) is 5.66. The van der Waals surface area contributed by atoms with Crippen LogP contribution in [0.1, 0.15) is 12.8 Å². The second kappa shape index (κ2) is 3.63. The number of nitrogens with two attached hydrogens (primary N) is 1. The molecule has 3 nitrogen and oxygen atoms in total. The fourth-order valence-electron chi connectivity index (χ4n) is 1.06. The highest BCUT2D eigenvalue weighted by molar-refractivity contribution is 6.34. The summed E-state index contributed by atoms with van der Waals surface area (Å²) in [6, 6.07) is 0. The highest BCUT2D eigenvalue weighted by Crippen LogP contribution is 2.25. The Labute approximate surface area is 75.8 Å². The molecule has 0 aromatic rings. The van der Waals surface area contributed by atoms with Gasteiger partial charge in [-0.05, 0) is 12.8 Å². The molecule has 0 amide bonds. The normalized spacial score (nSPS) is 17.3. The molecule has 1 aliphatic carbocycles. The average Bonchev–Trinajstić information content (AvgIpc) is 2.08. The molecule has 4 heteroatoms. The third-order valence-electron chi connectivity index (χ3n) is 1.71. The van der Waals surface area contributed by atoms with Crippen LogP contribution in [-0.4, -0.2) is 13.1 Å². The van der Waals surface area contributed by atoms with Gasteiger partial charge in [0.15, 0.2) is 0 Å². The van der Waals surface area contributed by atoms with E-state index in [0.29, 0.717) is 22.7 Å². The number of allylic oxidation sites excluding steroid dienone is 2. The highest BCUT2D eigenvalue weighted by atomic mass is 35.5. The van der Waals surface area contributed by atoms with E-state index in [1.807, 2.05) is 0 Å². The number of hydrogen-bond donors (Lipinski definition) is 1. The summed E-state index contributed by atoms with van der Waals surface area (Å²) in [6.45, 7) is 0. The van der Waals surface area contributed by atoms with Gasteiger partial charge < -0.3 is 10.5 Å². The topological polar surface area (TPSA) is 52.3 Å². The smallest absolute Gasteiger partial charge is 0.335 e. The lowest BCUT2D eigenvalue weighted by atomic mass is 10.0. The number of carbonyl (C=O) groups excluding carboxylic acids is 1. The summed E-state index contributed by atoms with van der Waals surface area (Å²) in [4.78, 5) is 11.1. The molecule has 0 fully saturated rings. The van der Waals surface area contributed by atoms with Gasteiger partial charge in [0.1, 0.15) is 0 Å². The molecule has 0 aromatic carbocycles. The standard InChI is InChI=1S/C8H10ClNO2/c1-12-8(11)5-3-2-4-6(10)7(5)9/h4H,2-3,10H2,1H3. The molecule has 66 valence electrons. The summed E-state index contributed by atoms with van der Waals surface area (Å²) in [5.74, 6) is -0.393. The number of carbonyl (C=O) groups is 1. The monoisotopic (exact) mass is 187 g/mol. The molecule has 0 heterocycles. The second-order valence-electron chi connectivity index (χ2n) is 2.48. The van der Waals surface area contributed by atoms with Crippen LogP contribution in [0.2, 0.25) is 0 Å². The maximum Gasteiger partial charge on any atom is 0.335 e. The van der Waals surface area contributed by atoms with Gasteiger partial charge in [-0.2, -0.15) is 0 Å². The maximum absolute atomic E-state index is 11.1. The lowest BCUT2D eigenvalue weighted by Gasteiger charge is -2.12. The Bertz CT molecular complexity index is 268. The molecule has 0 saturated heterocycles. The molecule has 1 aliphatic rings. The van der Waals surface area contributed by atoms with Crippen molar-refractivity contribution >= 4 is 17.6 Å². The third-order valence-corrected chi connectivity index (χ3v) is 2.16. The van der Waals surface area contributed by atoms with E-state index in [1.54, 1.807) is 6.08 Å². The van der Waals surface area contributed by atoms with E-state index in [2.05, 4.69) is 4.74 Å². The Morgan fingerprint density at radius 3 is 3.00 bits per heavy atom. The van der Waals surface area contributed by atoms with Crippen LogP contribution in [0.4, 0.5) is 0 Å². The van der Waals surface area contributed by atoms with Crippen LogP contribution in [0.5, 0.6) is 0 Å². The van der Waals surface area contributed by atoms with Crippen LogP contribution < -0.4 is 5.73 Å². The Kier molecular flexibility index (Phi) is 2.76. The number of rotatable bonds is 1. The van der Waals surface area contributed by atoms with Gasteiger partial charge in [0.25, 0.3) is 0 Å². The van der Waals surface area contributed by atoms with E-state index in [1.165, 1.54) is 7.11 Å². The van der Waals surface area contributed by atoms with Gasteiger partial charge >= 0.3 is 5.97 Å². The van der Waals surface area contributed by atoms with Crippen LogP contribution in [-0.2, 0) is 9.53 Å². The minimum absolute atomic E-state index is 0.327. The van der Waals surface area contributed by atoms with E-state index < -0.39 is 5.97 Å². The predicted octanol–water partition coefficient (Wildman–Crippen LogP) is 1.29. The summed E-state index contributed by atoms with van der Waals surface area (Å²) in [7, 11) is 1.33. The summed E-state index contributed by atoms with van der Waals surface area (Å²) >= 11 is 5.79. The molecule has 12 heavy (non-hydrogen) atoms. The highest BCUT2D eigenvalue weighted by Gasteiger charge is 2.18. The lowest BCUT2D eigenvalue weighted by Crippen LogP contribution is -2.12. The Balaban J connectivity index is 2.95. The fraction of sp³-hybridized carbons (Fsp3) is 0.375. The summed E-state index contributed by atoms with van der Waals surface area (Å²) in [5, 5.41) is 0.327. The van der Waals surface area contributed by atoms with Crippen molar-refractivity contribution in [2.75, 3.05) is 7.11 Å². The minimum Gasteiger partial charge on any atom is -0.466 e. The third kappa shape index (κ3) is 1.61. The zero-order valence-corrected chi connectivity index (χ0v) is 7.52. The van der Waals surface area contributed by atoms with E-state index >= 15 is 0 Å². The summed E-state index contributed by atoms with van der Waals surface area (Å²) < 4.78 is 4.54. The zero-order chi connectivity index (χ0) is 9.14. The number of methoxy groups -OCH3 is 1. The van der Waals surface area contributed by atoms with Gasteiger partial charge in [0, 0.05) is 5.70 Å². The van der Waals surface area contributed by atoms with Crippen LogP contribution in [0.25, 0.3) is 0 Å². The second-order valence-corrected chi connectivity index (χ2v) is 2.86. The first-order valence-electron chi connectivity index (χ1n) is 3.59. The van der Waals surface area contributed by atoms with Crippen molar-refractivity contribution in [2.24, 2.45) is 5.73 Å². The van der Waals surface area contributed by atoms with Crippen molar-refractivity contribution in [3.8, 4) is 0 Å². The molecule has 0 atom stereocenters. The Morgan fingerprint density at radius 1 is 1.75 bits per heavy atom. The van der Waals surface area contributed by atoms with Gasteiger partial charge in [-0.15, -0.1) is 0 Å². The molecule has 0 aliphatic heterocycles. The van der Waals surface area contributed by atoms with E-state index in [-0.39, 0.29) is 0 Å². The van der Waals surface area contributed by atoms with Crippen LogP contribution in [0, 0.1) is 0 Å². The van der Waals surface area contributed by atoms with Crippen molar-refractivity contribution < 1.29 is 9.53 Å². The fourth-order valence-corrected chi connectivity index (χ4v) is 1.31. The summed E-state index contributed by atoms with van der Waals surface area (Å²) in [6.07, 6.45) is 3.15. The molecule has 0 aromatic heterocycles. The predicted molar refractivity (Wildman–Crippen MR) is 46.4 cm³/mol. The summed E-state index contributed by atoms with van der Waals surface area (Å²) in [5.41, 5.74) is 6.46. The molecule has 0 spiro atoms. The van der Waals surface area contributed by atoms with Crippen LogP contribution in [0.15, 0.2) is 22.4 Å². The van der Waals surface area contributed by atoms with Crippen molar-refractivity contribution in [3.05, 3.63) is 22.4 Å². The van der Waals surface area contributed by atoms with Gasteiger partial charge in [-0.25, -0.2) is 4.79 Å². The molecule has 0 unspecified atom stereocenters. The van der Waals surface area contributed by atoms with E-state index in [4.69, 9.17) is 17.3 Å². The number of ether oxygens (including phenoxy) is 1. The van der Waals surface area contributed by atoms with Crippen molar-refractivity contribution in [1.82, 2.24) is 0 Å². The quantitative estimate of drug-likeness (QED) is 0.630. The van der Waals surface area contributed by atoms with Crippen molar-refractivity contribution in [3.63, 3.8) is 0 Å². The average molecular weight is 188 g/mol. The zero-order valence-electron chi connectivity index (χ0n) is 6.76. The van der Waals surface area contributed by atoms with E-state index in [9.17, 15) is 4.79 Å². The minimum atomic E-state index is -0.393. The molecule has 0 radical (unpaired) electrons. The lowest BCUT2D eigenvalue weighted by molar-refractivity contribution is -0.136. The van der Waals surface area contributed by atoms with Gasteiger partial charge in [-0.3, -0.25) is 0 Å². The molecular formula is C8H10ClNO2. The van der Waals surface area contributed by atoms with Crippen molar-refractivity contribution in [2.45, 2.75) is 12.8 Å². The van der Waals surface area contributed by atoms with Gasteiger partial charge in [0.05, 0.1) is 17.7 Å². The number of hydrogen-bond acceptors (Lipinski definition) is 3. The molecule has 1 rings (SSSR count).